The average molecular weight is 1120 g/mol. The lowest BCUT2D eigenvalue weighted by Gasteiger charge is -2.37. The van der Waals surface area contributed by atoms with Crippen LogP contribution in [-0.2, 0) is 35.5 Å². The predicted octanol–water partition coefficient (Wildman–Crippen LogP) is 12.0. The van der Waals surface area contributed by atoms with Crippen molar-refractivity contribution in [3.05, 3.63) is 154 Å². The summed E-state index contributed by atoms with van der Waals surface area (Å²) in [6, 6.07) is 14.3. The number of benzene rings is 2. The maximum absolute atomic E-state index is 13.0. The van der Waals surface area contributed by atoms with Gasteiger partial charge in [-0.25, -0.2) is 4.68 Å². The van der Waals surface area contributed by atoms with Crippen LogP contribution in [0.25, 0.3) is 5.69 Å². The van der Waals surface area contributed by atoms with Gasteiger partial charge in [0.1, 0.15) is 6.54 Å². The molecule has 444 valence electrons. The summed E-state index contributed by atoms with van der Waals surface area (Å²) >= 11 is 0. The van der Waals surface area contributed by atoms with E-state index < -0.39 is 5.91 Å². The van der Waals surface area contributed by atoms with Crippen molar-refractivity contribution in [2.24, 2.45) is 16.6 Å². The number of ketones is 1. The van der Waals surface area contributed by atoms with Crippen molar-refractivity contribution in [1.82, 2.24) is 20.0 Å². The van der Waals surface area contributed by atoms with Gasteiger partial charge in [0.2, 0.25) is 5.69 Å². The van der Waals surface area contributed by atoms with Gasteiger partial charge in [0.25, 0.3) is 5.91 Å². The molecule has 0 spiro atoms. The number of Topliss-reactive ketones (excluding diaryl/α,β-unsaturated/α-hetero) is 1. The van der Waals surface area contributed by atoms with Gasteiger partial charge in [-0.15, -0.1) is 0 Å². The average Bonchev–Trinajstić information content (AvgIpc) is 4.15. The van der Waals surface area contributed by atoms with Gasteiger partial charge < -0.3 is 45.0 Å². The molecule has 2 aromatic carbocycles. The summed E-state index contributed by atoms with van der Waals surface area (Å²) in [5, 5.41) is 12.0. The molecule has 0 radical (unpaired) electrons. The maximum Gasteiger partial charge on any atom is 0.250 e. The van der Waals surface area contributed by atoms with E-state index in [-0.39, 0.29) is 22.0 Å². The molecule has 7 rings (SSSR count). The molecule has 0 saturated carbocycles. The number of carbonyl (C=O) groups excluding carboxylic acids is 2. The molecule has 4 N–H and O–H groups in total. The van der Waals surface area contributed by atoms with Crippen LogP contribution in [0.3, 0.4) is 0 Å². The van der Waals surface area contributed by atoms with Crippen molar-refractivity contribution in [2.45, 2.75) is 126 Å². The molecule has 2 aliphatic carbocycles. The number of aromatic nitrogens is 2. The number of amides is 1. The number of ether oxygens (including phenoxy) is 5. The minimum Gasteiger partial charge on any atom is -0.385 e. The number of carbonyl (C=O) groups is 2. The second-order valence-corrected chi connectivity index (χ2v) is 23.9. The number of rotatable bonds is 31. The molecule has 4 aliphatic rings. The predicted molar refractivity (Wildman–Crippen MR) is 332 cm³/mol. The summed E-state index contributed by atoms with van der Waals surface area (Å²) in [6.45, 7) is 33.7. The van der Waals surface area contributed by atoms with Crippen molar-refractivity contribution >= 4 is 28.8 Å². The highest BCUT2D eigenvalue weighted by atomic mass is 16.6. The zero-order chi connectivity index (χ0) is 58.7. The summed E-state index contributed by atoms with van der Waals surface area (Å²) in [4.78, 5) is 27.8. The Balaban J connectivity index is 0.806. The molecule has 0 atom stereocenters. The topological polar surface area (TPSA) is 154 Å². The number of para-hydroxylation sites is 1. The Morgan fingerprint density at radius 1 is 0.793 bits per heavy atom. The molecule has 0 bridgehead atoms. The monoisotopic (exact) mass is 1120 g/mol. The van der Waals surface area contributed by atoms with E-state index in [0.29, 0.717) is 102 Å². The number of anilines is 1. The first kappa shape index (κ1) is 63.4. The minimum atomic E-state index is -0.519. The molecule has 14 heteroatoms. The molecule has 0 fully saturated rings. The van der Waals surface area contributed by atoms with Crippen LogP contribution in [0.15, 0.2) is 126 Å². The van der Waals surface area contributed by atoms with E-state index >= 15 is 0 Å². The number of primary amides is 1. The number of hydrogen-bond acceptors (Lipinski definition) is 11. The first-order chi connectivity index (χ1) is 39.5. The third-order valence-corrected chi connectivity index (χ3v) is 16.1. The fourth-order valence-electron chi connectivity index (χ4n) is 11.7. The second-order valence-electron chi connectivity index (χ2n) is 23.9. The zero-order valence-corrected chi connectivity index (χ0v) is 51.1. The number of allylic oxidation sites excluding steroid dienone is 10. The van der Waals surface area contributed by atoms with Gasteiger partial charge in [-0.05, 0) is 112 Å². The number of nitrogens with zero attached hydrogens (tertiary/aromatic N) is 4. The lowest BCUT2D eigenvalue weighted by atomic mass is 9.75. The highest BCUT2D eigenvalue weighted by Gasteiger charge is 2.44. The Labute approximate surface area is 490 Å². The van der Waals surface area contributed by atoms with Crippen LogP contribution in [0.1, 0.15) is 144 Å². The number of aryl methyl sites for hydroxylation is 1. The van der Waals surface area contributed by atoms with Crippen LogP contribution in [0.5, 0.6) is 0 Å². The quantitative estimate of drug-likeness (QED) is 0.0417. The van der Waals surface area contributed by atoms with Crippen LogP contribution in [0, 0.1) is 17.8 Å². The summed E-state index contributed by atoms with van der Waals surface area (Å²) in [5.41, 5.74) is 19.8. The molecular formula is C68H96N7O7+. The largest absolute Gasteiger partial charge is 0.385 e. The first-order valence-electron chi connectivity index (χ1n) is 30.3. The third-order valence-electron chi connectivity index (χ3n) is 16.1. The standard InChI is InChI=1S/C68H95N7O7/c1-11-34-73-36-17-13-14-21-50(3)67(7,8)61(73)30-26-52-22-18-23-53(27-31-62-68(9,10)56-24-15-16-25-58(56)74(62)35-12-2)64(52)71-33-20-38-79-40-42-81-44-46-82-45-43-80-41-39-78-37-19-32-70-57-47-54(28-29-55(57)65(69)77)75-59-48-66(5,6)49-60(76)63(59)51(4)72-75/h13-17,21,24-31,47H,3,11-12,18-20,22-23,32-46,48-49H2,1-2,4-10H3,(H3,69,70,77)/p+1/b17-13-,21-14-,52-26+,61-30+. The van der Waals surface area contributed by atoms with Crippen LogP contribution in [0.2, 0.25) is 0 Å². The highest BCUT2D eigenvalue weighted by Crippen LogP contribution is 2.42. The second kappa shape index (κ2) is 30.4. The van der Waals surface area contributed by atoms with Crippen LogP contribution >= 0.6 is 0 Å². The van der Waals surface area contributed by atoms with Gasteiger partial charge in [-0.3, -0.25) is 9.59 Å². The number of fused-ring (bicyclic) bond motifs is 2. The van der Waals surface area contributed by atoms with Crippen LogP contribution < -0.4 is 16.4 Å². The maximum atomic E-state index is 13.0. The molecule has 1 aromatic heterocycles. The molecule has 82 heavy (non-hydrogen) atoms. The molecule has 3 aromatic rings. The smallest absolute Gasteiger partial charge is 0.250 e. The van der Waals surface area contributed by atoms with Gasteiger partial charge in [0.15, 0.2) is 11.5 Å². The molecular weight excluding hydrogens is 1030 g/mol. The molecule has 1 amide bonds. The zero-order valence-electron chi connectivity index (χ0n) is 51.1. The van der Waals surface area contributed by atoms with Crippen LogP contribution in [0.4, 0.5) is 11.4 Å². The van der Waals surface area contributed by atoms with Gasteiger partial charge in [0.05, 0.1) is 86.5 Å². The molecule has 2 aliphatic heterocycles. The normalized spacial score (nSPS) is 19.4. The van der Waals surface area contributed by atoms with Crippen molar-refractivity contribution in [3.8, 4) is 5.69 Å². The van der Waals surface area contributed by atoms with Crippen LogP contribution in [-0.4, -0.2) is 135 Å². The van der Waals surface area contributed by atoms with Crippen molar-refractivity contribution in [1.29, 1.82) is 0 Å². The van der Waals surface area contributed by atoms with Gasteiger partial charge in [0, 0.05) is 92.4 Å². The first-order valence-corrected chi connectivity index (χ1v) is 30.3. The summed E-state index contributed by atoms with van der Waals surface area (Å²) in [6.07, 6.45) is 26.3. The molecule has 14 nitrogen and oxygen atoms in total. The van der Waals surface area contributed by atoms with E-state index in [0.717, 1.165) is 93.8 Å². The van der Waals surface area contributed by atoms with Gasteiger partial charge >= 0.3 is 0 Å². The number of nitrogens with two attached hydrogens (primary N) is 1. The summed E-state index contributed by atoms with van der Waals surface area (Å²) in [7, 11) is 0. The van der Waals surface area contributed by atoms with Crippen molar-refractivity contribution < 1.29 is 37.8 Å². The Morgan fingerprint density at radius 2 is 1.45 bits per heavy atom. The fourth-order valence-corrected chi connectivity index (χ4v) is 11.7. The van der Waals surface area contributed by atoms with Crippen molar-refractivity contribution in [2.75, 3.05) is 104 Å². The Kier molecular flexibility index (Phi) is 23.5. The van der Waals surface area contributed by atoms with E-state index in [2.05, 4.69) is 155 Å². The lowest BCUT2D eigenvalue weighted by Crippen LogP contribution is -2.33. The minimum absolute atomic E-state index is 0.0976. The van der Waals surface area contributed by atoms with Crippen molar-refractivity contribution in [3.63, 3.8) is 0 Å². The van der Waals surface area contributed by atoms with Gasteiger partial charge in [-0.2, -0.15) is 9.67 Å². The highest BCUT2D eigenvalue weighted by molar-refractivity contribution is 6.03. The lowest BCUT2D eigenvalue weighted by molar-refractivity contribution is -0.437. The molecule has 0 saturated heterocycles. The number of hydrogen-bond donors (Lipinski definition) is 3. The molecule has 3 heterocycles. The van der Waals surface area contributed by atoms with E-state index in [1.807, 2.05) is 23.7 Å². The van der Waals surface area contributed by atoms with E-state index in [1.54, 1.807) is 6.07 Å². The molecule has 0 unspecified atom stereocenters. The van der Waals surface area contributed by atoms with Gasteiger partial charge in [-0.1, -0.05) is 103 Å². The SMILES string of the molecule is C=C1/C=C\C=C/CN(CCC)/C(=C/C=C2\CCCC(/C=C/C3=[N+](CCC)c4ccccc4C3(C)C)=C2NCCCOCCOCCOCCOCCOCCCNc2cc(-n3nc(C)c4c3CC(C)(C)CC4=O)ccc2C(N)=O)C1(C)C. The number of nitrogens with one attached hydrogen (secondary N) is 2. The fraction of sp³-hybridized carbons (Fsp3) is 0.529. The van der Waals surface area contributed by atoms with E-state index in [9.17, 15) is 9.59 Å². The third kappa shape index (κ3) is 16.6. The summed E-state index contributed by atoms with van der Waals surface area (Å²) in [5.74, 6) is -0.398. The van der Waals surface area contributed by atoms with E-state index in [1.165, 1.54) is 39.5 Å². The Hall–Kier alpha value is -6.16. The Morgan fingerprint density at radius 3 is 2.11 bits per heavy atom. The Bertz CT molecular complexity index is 2910. The summed E-state index contributed by atoms with van der Waals surface area (Å²) < 4.78 is 33.4. The van der Waals surface area contributed by atoms with E-state index in [4.69, 9.17) is 34.5 Å².